The van der Waals surface area contributed by atoms with Gasteiger partial charge in [-0.25, -0.2) is 9.98 Å². The standard InChI is InChI=1S/C49H36N2S/c1-3-13-35(14-4-1)44-31-32-45(51-48(50-44)37-15-5-2-6-16-37)36-25-23-33(24-26-36)34-27-29-39-38-17-7-8-18-40(38)49(41(39)30-28-34)42-19-9-11-21-46(42)52-47-22-12-10-20-43(47)49/h1-23,25-29,32-33H,24,30-31H2. The van der Waals surface area contributed by atoms with Crippen molar-refractivity contribution in [3.63, 3.8) is 0 Å². The highest BCUT2D eigenvalue weighted by molar-refractivity contribution is 7.99. The van der Waals surface area contributed by atoms with Crippen LogP contribution in [0.1, 0.15) is 52.6 Å². The van der Waals surface area contributed by atoms with E-state index in [0.29, 0.717) is 5.92 Å². The predicted octanol–water partition coefficient (Wildman–Crippen LogP) is 11.9. The van der Waals surface area contributed by atoms with E-state index < -0.39 is 0 Å². The molecule has 10 rings (SSSR count). The number of fused-ring (bicyclic) bond motifs is 8. The molecule has 0 amide bonds. The number of benzene rings is 5. The summed E-state index contributed by atoms with van der Waals surface area (Å²) in [5.74, 6) is 1.06. The van der Waals surface area contributed by atoms with Crippen LogP contribution in [0.2, 0.25) is 0 Å². The van der Waals surface area contributed by atoms with Gasteiger partial charge in [-0.15, -0.1) is 0 Å². The summed E-state index contributed by atoms with van der Waals surface area (Å²) in [5.41, 5.74) is 14.8. The Hall–Kier alpha value is -5.77. The molecule has 248 valence electrons. The molecule has 0 bridgehead atoms. The zero-order valence-corrected chi connectivity index (χ0v) is 29.6. The number of nitrogens with zero attached hydrogens (tertiary/aromatic N) is 2. The van der Waals surface area contributed by atoms with E-state index in [1.807, 2.05) is 17.8 Å². The number of amidine groups is 1. The Morgan fingerprint density at radius 2 is 1.21 bits per heavy atom. The van der Waals surface area contributed by atoms with E-state index in [9.17, 15) is 0 Å². The van der Waals surface area contributed by atoms with E-state index in [4.69, 9.17) is 9.98 Å². The zero-order chi connectivity index (χ0) is 34.5. The maximum absolute atomic E-state index is 5.18. The van der Waals surface area contributed by atoms with Crippen LogP contribution in [-0.4, -0.2) is 11.5 Å². The van der Waals surface area contributed by atoms with Crippen LogP contribution in [0.15, 0.2) is 218 Å². The van der Waals surface area contributed by atoms with Gasteiger partial charge in [0.1, 0.15) is 0 Å². The highest BCUT2D eigenvalue weighted by Crippen LogP contribution is 2.62. The predicted molar refractivity (Wildman–Crippen MR) is 216 cm³/mol. The maximum atomic E-state index is 5.18. The van der Waals surface area contributed by atoms with Crippen LogP contribution in [-0.2, 0) is 5.41 Å². The van der Waals surface area contributed by atoms with Gasteiger partial charge in [0.25, 0.3) is 0 Å². The second-order valence-corrected chi connectivity index (χ2v) is 15.0. The fraction of sp³-hybridized carbons (Fsp3) is 0.102. The first-order chi connectivity index (χ1) is 25.8. The third-order valence-electron chi connectivity index (χ3n) is 11.1. The number of rotatable bonds is 4. The van der Waals surface area contributed by atoms with Crippen molar-refractivity contribution in [1.82, 2.24) is 0 Å². The molecule has 3 heteroatoms. The minimum absolute atomic E-state index is 0.299. The lowest BCUT2D eigenvalue weighted by Gasteiger charge is -2.41. The van der Waals surface area contributed by atoms with Crippen molar-refractivity contribution in [3.05, 3.63) is 232 Å². The largest absolute Gasteiger partial charge is 0.232 e. The summed E-state index contributed by atoms with van der Waals surface area (Å²) in [5, 5.41) is 0. The molecular weight excluding hydrogens is 649 g/mol. The summed E-state index contributed by atoms with van der Waals surface area (Å²) in [4.78, 5) is 13.0. The molecule has 2 heterocycles. The maximum Gasteiger partial charge on any atom is 0.160 e. The number of allylic oxidation sites excluding steroid dienone is 10. The highest BCUT2D eigenvalue weighted by atomic mass is 32.2. The lowest BCUT2D eigenvalue weighted by atomic mass is 9.65. The molecule has 52 heavy (non-hydrogen) atoms. The number of hydrogen-bond acceptors (Lipinski definition) is 3. The Morgan fingerprint density at radius 1 is 0.558 bits per heavy atom. The zero-order valence-electron chi connectivity index (χ0n) is 28.7. The summed E-state index contributed by atoms with van der Waals surface area (Å²) in [7, 11) is 0. The van der Waals surface area contributed by atoms with Gasteiger partial charge in [-0.05, 0) is 75.1 Å². The lowest BCUT2D eigenvalue weighted by molar-refractivity contribution is 0.684. The average Bonchev–Trinajstić information content (AvgIpc) is 3.41. The molecule has 0 saturated carbocycles. The molecule has 5 aromatic carbocycles. The fourth-order valence-electron chi connectivity index (χ4n) is 8.70. The molecule has 0 aromatic heterocycles. The van der Waals surface area contributed by atoms with Gasteiger partial charge in [0, 0.05) is 27.7 Å². The third kappa shape index (κ3) is 5.03. The number of hydrogen-bond donors (Lipinski definition) is 0. The molecule has 0 saturated heterocycles. The van der Waals surface area contributed by atoms with Gasteiger partial charge in [0.05, 0.1) is 16.8 Å². The van der Waals surface area contributed by atoms with Crippen LogP contribution in [0.5, 0.6) is 0 Å². The van der Waals surface area contributed by atoms with Crippen LogP contribution in [0.4, 0.5) is 0 Å². The molecule has 0 N–H and O–H groups in total. The first-order valence-corrected chi connectivity index (χ1v) is 19.0. The second kappa shape index (κ2) is 12.8. The Balaban J connectivity index is 0.981. The molecule has 3 aliphatic carbocycles. The quantitative estimate of drug-likeness (QED) is 0.185. The van der Waals surface area contributed by atoms with Gasteiger partial charge in [-0.3, -0.25) is 0 Å². The van der Waals surface area contributed by atoms with Crippen LogP contribution in [0.3, 0.4) is 0 Å². The lowest BCUT2D eigenvalue weighted by Crippen LogP contribution is -2.33. The van der Waals surface area contributed by atoms with E-state index in [0.717, 1.165) is 53.2 Å². The van der Waals surface area contributed by atoms with Crippen molar-refractivity contribution in [2.24, 2.45) is 15.9 Å². The third-order valence-corrected chi connectivity index (χ3v) is 12.3. The molecule has 5 aliphatic rings. The molecule has 5 aromatic rings. The number of aliphatic imine (C=N–C) groups is 2. The van der Waals surface area contributed by atoms with Crippen molar-refractivity contribution >= 4 is 28.9 Å². The highest BCUT2D eigenvalue weighted by Gasteiger charge is 2.50. The van der Waals surface area contributed by atoms with Crippen molar-refractivity contribution in [2.75, 3.05) is 0 Å². The normalized spacial score (nSPS) is 19.5. The fourth-order valence-corrected chi connectivity index (χ4v) is 9.89. The summed E-state index contributed by atoms with van der Waals surface area (Å²) >= 11 is 1.90. The van der Waals surface area contributed by atoms with Crippen LogP contribution < -0.4 is 0 Å². The molecule has 2 aliphatic heterocycles. The van der Waals surface area contributed by atoms with Crippen LogP contribution >= 0.6 is 11.8 Å². The molecule has 2 nitrogen and oxygen atoms in total. The van der Waals surface area contributed by atoms with Crippen molar-refractivity contribution < 1.29 is 0 Å². The Morgan fingerprint density at radius 3 is 1.92 bits per heavy atom. The topological polar surface area (TPSA) is 24.7 Å². The molecule has 0 radical (unpaired) electrons. The van der Waals surface area contributed by atoms with Crippen molar-refractivity contribution in [3.8, 4) is 0 Å². The molecular formula is C49H36N2S. The first-order valence-electron chi connectivity index (χ1n) is 18.2. The molecule has 1 unspecified atom stereocenters. The Kier molecular flexibility index (Phi) is 7.62. The van der Waals surface area contributed by atoms with E-state index in [1.54, 1.807) is 0 Å². The van der Waals surface area contributed by atoms with Gasteiger partial charge in [0.2, 0.25) is 0 Å². The van der Waals surface area contributed by atoms with Crippen molar-refractivity contribution in [1.29, 1.82) is 0 Å². The summed E-state index contributed by atoms with van der Waals surface area (Å²) in [6.45, 7) is 0. The van der Waals surface area contributed by atoms with Crippen molar-refractivity contribution in [2.45, 2.75) is 34.5 Å². The van der Waals surface area contributed by atoms with E-state index in [1.165, 1.54) is 48.8 Å². The van der Waals surface area contributed by atoms with Gasteiger partial charge >= 0.3 is 0 Å². The summed E-state index contributed by atoms with van der Waals surface area (Å²) in [6.07, 6.45) is 19.1. The summed E-state index contributed by atoms with van der Waals surface area (Å²) < 4.78 is 0. The minimum atomic E-state index is -0.308. The molecule has 1 spiro atoms. The van der Waals surface area contributed by atoms with Crippen LogP contribution in [0.25, 0.3) is 5.57 Å². The van der Waals surface area contributed by atoms with Gasteiger partial charge < -0.3 is 0 Å². The van der Waals surface area contributed by atoms with Gasteiger partial charge in [-0.1, -0.05) is 176 Å². The Labute approximate surface area is 309 Å². The van der Waals surface area contributed by atoms with E-state index >= 15 is 0 Å². The molecule has 0 fully saturated rings. The van der Waals surface area contributed by atoms with Crippen LogP contribution in [0, 0.1) is 5.92 Å². The van der Waals surface area contributed by atoms with Gasteiger partial charge in [-0.2, -0.15) is 0 Å². The Bertz CT molecular complexity index is 2460. The summed E-state index contributed by atoms with van der Waals surface area (Å²) in [6, 6.07) is 48.0. The average molecular weight is 685 g/mol. The monoisotopic (exact) mass is 684 g/mol. The minimum Gasteiger partial charge on any atom is -0.232 e. The molecule has 1 atom stereocenters. The van der Waals surface area contributed by atoms with E-state index in [-0.39, 0.29) is 5.41 Å². The smallest absolute Gasteiger partial charge is 0.160 e. The first kappa shape index (κ1) is 31.0. The van der Waals surface area contributed by atoms with E-state index in [2.05, 4.69) is 170 Å². The van der Waals surface area contributed by atoms with Gasteiger partial charge in [0.15, 0.2) is 5.84 Å². The second-order valence-electron chi connectivity index (χ2n) is 13.9. The SMILES string of the molecule is C1=CC(C2=CCC3=C(C=C2)c2ccccc2C32c3ccccc3Sc3ccccc32)CC=C1C1=CCC(c2ccccc2)=NC(c2ccccc2)=N1.